The Morgan fingerprint density at radius 2 is 1.63 bits per heavy atom. The first kappa shape index (κ1) is 29.9. The van der Waals surface area contributed by atoms with Gasteiger partial charge in [-0.2, -0.15) is 0 Å². The summed E-state index contributed by atoms with van der Waals surface area (Å²) in [6, 6.07) is 26.4. The molecule has 0 aliphatic carbocycles. The van der Waals surface area contributed by atoms with Gasteiger partial charge in [0.25, 0.3) is 14.2 Å². The Labute approximate surface area is 252 Å². The molecule has 0 bridgehead atoms. The lowest BCUT2D eigenvalue weighted by molar-refractivity contribution is 0.102. The molecule has 1 N–H and O–H groups in total. The minimum absolute atomic E-state index is 0.105. The molecule has 1 atom stereocenters. The van der Waals surface area contributed by atoms with Crippen LogP contribution in [-0.4, -0.2) is 57.5 Å². The maximum absolute atomic E-state index is 12.9. The Balaban J connectivity index is 1.41. The maximum atomic E-state index is 12.9. The molecule has 2 aromatic carbocycles. The number of nitrogens with zero attached hydrogens (tertiary/aromatic N) is 6. The van der Waals surface area contributed by atoms with Crippen molar-refractivity contribution in [2.24, 2.45) is 7.05 Å². The maximum Gasteiger partial charge on any atom is 0.263 e. The Bertz CT molecular complexity index is 1640. The number of methoxy groups -OCH3 is 1. The van der Waals surface area contributed by atoms with Crippen molar-refractivity contribution in [3.63, 3.8) is 0 Å². The molecular weight excluding hydrogens is 558 g/mol. The normalized spacial score (nSPS) is 12.6. The van der Waals surface area contributed by atoms with E-state index in [1.165, 1.54) is 22.2 Å². The molecule has 3 aromatic heterocycles. The van der Waals surface area contributed by atoms with Gasteiger partial charge >= 0.3 is 0 Å². The van der Waals surface area contributed by atoms with Crippen LogP contribution in [0.3, 0.4) is 0 Å². The molecule has 1 unspecified atom stereocenters. The molecular formula is C32H37N7O3Si. The molecule has 5 aromatic rings. The van der Waals surface area contributed by atoms with Crippen molar-refractivity contribution in [1.29, 1.82) is 0 Å². The summed E-state index contributed by atoms with van der Waals surface area (Å²) in [5.74, 6) is 0.821. The van der Waals surface area contributed by atoms with Crippen molar-refractivity contribution in [1.82, 2.24) is 29.5 Å². The van der Waals surface area contributed by atoms with Crippen LogP contribution in [0.15, 0.2) is 91.4 Å². The van der Waals surface area contributed by atoms with Crippen molar-refractivity contribution < 1.29 is 14.0 Å². The van der Waals surface area contributed by atoms with Crippen LogP contribution in [0.4, 0.5) is 5.82 Å². The molecule has 0 saturated carbocycles. The SMILES string of the molecule is COc1nn(C)cc1C(=O)Nc1cccc(-c2nncn2C(C)CO[Si](c2ccccc2)(c2ccccc2)C(C)(C)C)n1. The number of aromatic nitrogens is 6. The van der Waals surface area contributed by atoms with Crippen LogP contribution in [0.2, 0.25) is 5.04 Å². The number of benzene rings is 2. The second-order valence-electron chi connectivity index (χ2n) is 11.5. The Kier molecular flexibility index (Phi) is 8.56. The van der Waals surface area contributed by atoms with Crippen molar-refractivity contribution >= 4 is 30.4 Å². The summed E-state index contributed by atoms with van der Waals surface area (Å²) in [5.41, 5.74) is 0.889. The number of aryl methyl sites for hydroxylation is 1. The molecule has 5 rings (SSSR count). The zero-order valence-corrected chi connectivity index (χ0v) is 26.4. The Hall–Kier alpha value is -4.61. The van der Waals surface area contributed by atoms with E-state index in [4.69, 9.17) is 9.16 Å². The fourth-order valence-corrected chi connectivity index (χ4v) is 10.1. The molecule has 43 heavy (non-hydrogen) atoms. The summed E-state index contributed by atoms with van der Waals surface area (Å²) in [6.07, 6.45) is 3.30. The van der Waals surface area contributed by atoms with Crippen LogP contribution in [0.1, 0.15) is 44.1 Å². The van der Waals surface area contributed by atoms with Crippen molar-refractivity contribution in [2.75, 3.05) is 19.0 Å². The van der Waals surface area contributed by atoms with Crippen LogP contribution in [0.5, 0.6) is 5.88 Å². The minimum Gasteiger partial charge on any atom is -0.479 e. The molecule has 1 amide bonds. The predicted molar refractivity (Wildman–Crippen MR) is 169 cm³/mol. The highest BCUT2D eigenvalue weighted by atomic mass is 28.4. The number of carbonyl (C=O) groups is 1. The van der Waals surface area contributed by atoms with E-state index in [9.17, 15) is 4.79 Å². The standard InChI is InChI=1S/C32H37N7O3Si/c1-23(21-42-43(32(2,3)4,24-14-9-7-10-15-24)25-16-11-8-12-17-25)39-22-33-36-29(39)27-18-13-19-28(34-27)35-30(40)26-20-38(5)37-31(26)41-6/h7-20,22-23H,21H2,1-6H3,(H,34,35,40). The molecule has 0 aliphatic heterocycles. The van der Waals surface area contributed by atoms with Gasteiger partial charge in [0.15, 0.2) is 5.82 Å². The lowest BCUT2D eigenvalue weighted by Crippen LogP contribution is -2.66. The number of nitrogens with one attached hydrogen (secondary N) is 1. The van der Waals surface area contributed by atoms with Gasteiger partial charge in [-0.15, -0.1) is 15.3 Å². The van der Waals surface area contributed by atoms with Gasteiger partial charge in [-0.3, -0.25) is 9.48 Å². The van der Waals surface area contributed by atoms with E-state index in [1.807, 2.05) is 28.8 Å². The number of anilines is 1. The van der Waals surface area contributed by atoms with Gasteiger partial charge in [-0.05, 0) is 34.5 Å². The van der Waals surface area contributed by atoms with Gasteiger partial charge in [-0.1, -0.05) is 87.5 Å². The number of carbonyl (C=O) groups excluding carboxylic acids is 1. The zero-order valence-electron chi connectivity index (χ0n) is 25.4. The Morgan fingerprint density at radius 3 is 2.23 bits per heavy atom. The number of hydrogen-bond donors (Lipinski definition) is 1. The highest BCUT2D eigenvalue weighted by Gasteiger charge is 2.50. The van der Waals surface area contributed by atoms with Crippen LogP contribution in [-0.2, 0) is 11.5 Å². The van der Waals surface area contributed by atoms with Crippen LogP contribution in [0.25, 0.3) is 11.5 Å². The largest absolute Gasteiger partial charge is 0.479 e. The van der Waals surface area contributed by atoms with E-state index in [0.717, 1.165) is 0 Å². The average molecular weight is 596 g/mol. The number of amides is 1. The summed E-state index contributed by atoms with van der Waals surface area (Å²) in [5, 5.41) is 17.9. The average Bonchev–Trinajstić information content (AvgIpc) is 3.65. The van der Waals surface area contributed by atoms with E-state index in [2.05, 4.69) is 102 Å². The van der Waals surface area contributed by atoms with Gasteiger partial charge in [0.1, 0.15) is 23.4 Å². The first-order chi connectivity index (χ1) is 20.6. The minimum atomic E-state index is -2.72. The third-order valence-corrected chi connectivity index (χ3v) is 12.5. The molecule has 0 saturated heterocycles. The lowest BCUT2D eigenvalue weighted by atomic mass is 10.2. The second-order valence-corrected chi connectivity index (χ2v) is 15.8. The van der Waals surface area contributed by atoms with Gasteiger partial charge in [0, 0.05) is 13.2 Å². The first-order valence-electron chi connectivity index (χ1n) is 14.1. The summed E-state index contributed by atoms with van der Waals surface area (Å²) in [6.45, 7) is 9.32. The van der Waals surface area contributed by atoms with E-state index in [0.29, 0.717) is 29.5 Å². The third kappa shape index (κ3) is 5.99. The second kappa shape index (κ2) is 12.3. The topological polar surface area (TPSA) is 109 Å². The van der Waals surface area contributed by atoms with Crippen LogP contribution >= 0.6 is 0 Å². The van der Waals surface area contributed by atoms with Gasteiger partial charge in [-0.25, -0.2) is 4.98 Å². The number of hydrogen-bond acceptors (Lipinski definition) is 7. The number of pyridine rings is 1. The van der Waals surface area contributed by atoms with E-state index in [-0.39, 0.29) is 22.9 Å². The predicted octanol–water partition coefficient (Wildman–Crippen LogP) is 4.47. The summed E-state index contributed by atoms with van der Waals surface area (Å²) >= 11 is 0. The molecule has 3 heterocycles. The fourth-order valence-electron chi connectivity index (χ4n) is 5.42. The smallest absolute Gasteiger partial charge is 0.263 e. The van der Waals surface area contributed by atoms with E-state index in [1.54, 1.807) is 25.6 Å². The summed E-state index contributed by atoms with van der Waals surface area (Å²) in [7, 11) is 0.480. The Morgan fingerprint density at radius 1 is 0.977 bits per heavy atom. The van der Waals surface area contributed by atoms with E-state index >= 15 is 0 Å². The summed E-state index contributed by atoms with van der Waals surface area (Å²) < 4.78 is 15.9. The highest BCUT2D eigenvalue weighted by molar-refractivity contribution is 6.99. The molecule has 0 fully saturated rings. The molecule has 0 radical (unpaired) electrons. The number of rotatable bonds is 10. The summed E-state index contributed by atoms with van der Waals surface area (Å²) in [4.78, 5) is 17.6. The van der Waals surface area contributed by atoms with Crippen LogP contribution in [0, 0.1) is 0 Å². The van der Waals surface area contributed by atoms with Gasteiger partial charge in [0.05, 0.1) is 19.8 Å². The molecule has 222 valence electrons. The molecule has 0 spiro atoms. The van der Waals surface area contributed by atoms with Crippen molar-refractivity contribution in [3.05, 3.63) is 97.0 Å². The lowest BCUT2D eigenvalue weighted by Gasteiger charge is -2.43. The van der Waals surface area contributed by atoms with Gasteiger partial charge in [0.2, 0.25) is 5.88 Å². The van der Waals surface area contributed by atoms with Crippen LogP contribution < -0.4 is 20.4 Å². The molecule has 10 nitrogen and oxygen atoms in total. The number of ether oxygens (including phenoxy) is 1. The fraction of sp³-hybridized carbons (Fsp3) is 0.281. The monoisotopic (exact) mass is 595 g/mol. The quantitative estimate of drug-likeness (QED) is 0.237. The van der Waals surface area contributed by atoms with Crippen molar-refractivity contribution in [3.8, 4) is 17.4 Å². The zero-order chi connectivity index (χ0) is 30.6. The van der Waals surface area contributed by atoms with Gasteiger partial charge < -0.3 is 19.0 Å². The van der Waals surface area contributed by atoms with E-state index < -0.39 is 8.32 Å². The molecule has 0 aliphatic rings. The first-order valence-corrected chi connectivity index (χ1v) is 16.1. The van der Waals surface area contributed by atoms with Crippen molar-refractivity contribution in [2.45, 2.75) is 38.8 Å². The molecule has 11 heteroatoms. The third-order valence-electron chi connectivity index (χ3n) is 7.46. The highest BCUT2D eigenvalue weighted by Crippen LogP contribution is 2.37.